The van der Waals surface area contributed by atoms with E-state index in [1.54, 1.807) is 0 Å². The highest BCUT2D eigenvalue weighted by Crippen LogP contribution is 2.31. The maximum Gasteiger partial charge on any atom is 0.251 e. The molecule has 0 radical (unpaired) electrons. The quantitative estimate of drug-likeness (QED) is 0.405. The summed E-state index contributed by atoms with van der Waals surface area (Å²) >= 11 is 0. The summed E-state index contributed by atoms with van der Waals surface area (Å²) in [5.41, 5.74) is 2.27. The van der Waals surface area contributed by atoms with Crippen molar-refractivity contribution < 1.29 is 9.53 Å². The van der Waals surface area contributed by atoms with E-state index in [1.807, 2.05) is 6.92 Å². The lowest BCUT2D eigenvalue weighted by Gasteiger charge is -2.41. The highest BCUT2D eigenvalue weighted by Gasteiger charge is 2.40. The van der Waals surface area contributed by atoms with Crippen LogP contribution in [0.4, 0.5) is 0 Å². The minimum absolute atomic E-state index is 0.0740. The van der Waals surface area contributed by atoms with Crippen LogP contribution in [0, 0.1) is 0 Å². The number of hydrogen-bond donors (Lipinski definition) is 2. The number of nitrogens with two attached hydrogens (primary N) is 1. The smallest absolute Gasteiger partial charge is 0.251 e. The van der Waals surface area contributed by atoms with Crippen molar-refractivity contribution in [3.05, 3.63) is 0 Å². The molecule has 1 saturated carbocycles. The first kappa shape index (κ1) is 11.8. The van der Waals surface area contributed by atoms with E-state index < -0.39 is 0 Å². The summed E-state index contributed by atoms with van der Waals surface area (Å²) in [5, 5.41) is 0. The average molecular weight is 227 g/mol. The molecule has 2 aliphatic rings. The van der Waals surface area contributed by atoms with Gasteiger partial charge in [0.05, 0.1) is 18.8 Å². The zero-order chi connectivity index (χ0) is 11.5. The van der Waals surface area contributed by atoms with Crippen LogP contribution in [0.15, 0.2) is 0 Å². The van der Waals surface area contributed by atoms with Gasteiger partial charge in [-0.05, 0) is 25.7 Å². The van der Waals surface area contributed by atoms with Crippen molar-refractivity contribution in [1.82, 2.24) is 10.3 Å². The largest absolute Gasteiger partial charge is 0.375 e. The number of amides is 1. The standard InChI is InChI=1S/C11H21N3O2/c1-2-8(11(15)13-12)14-6-7-16-10-5-3-4-9(10)14/h8-10H,2-7,12H2,1H3,(H,13,15). The maximum atomic E-state index is 11.7. The van der Waals surface area contributed by atoms with Crippen molar-refractivity contribution in [3.63, 3.8) is 0 Å². The van der Waals surface area contributed by atoms with Gasteiger partial charge in [0.25, 0.3) is 5.91 Å². The number of nitrogens with zero attached hydrogens (tertiary/aromatic N) is 1. The second-order valence-electron chi connectivity index (χ2n) is 4.58. The van der Waals surface area contributed by atoms with Gasteiger partial charge in [-0.15, -0.1) is 0 Å². The van der Waals surface area contributed by atoms with Gasteiger partial charge in [-0.3, -0.25) is 15.1 Å². The number of ether oxygens (including phenoxy) is 1. The molecule has 1 aliphatic carbocycles. The van der Waals surface area contributed by atoms with E-state index in [0.29, 0.717) is 12.1 Å². The Morgan fingerprint density at radius 1 is 1.62 bits per heavy atom. The van der Waals surface area contributed by atoms with Crippen LogP contribution in [0.5, 0.6) is 0 Å². The Bertz CT molecular complexity index is 260. The first-order chi connectivity index (χ1) is 7.77. The summed E-state index contributed by atoms with van der Waals surface area (Å²) in [6.45, 7) is 3.60. The number of rotatable bonds is 3. The molecular weight excluding hydrogens is 206 g/mol. The second-order valence-corrected chi connectivity index (χ2v) is 4.58. The van der Waals surface area contributed by atoms with Crippen LogP contribution in [0.3, 0.4) is 0 Å². The number of carbonyl (C=O) groups excluding carboxylic acids is 1. The molecule has 92 valence electrons. The van der Waals surface area contributed by atoms with E-state index in [0.717, 1.165) is 32.4 Å². The van der Waals surface area contributed by atoms with E-state index in [9.17, 15) is 4.79 Å². The summed E-state index contributed by atoms with van der Waals surface area (Å²) in [7, 11) is 0. The van der Waals surface area contributed by atoms with Gasteiger partial charge in [0.1, 0.15) is 0 Å². The first-order valence-corrected chi connectivity index (χ1v) is 6.15. The Hall–Kier alpha value is -0.650. The molecule has 5 heteroatoms. The van der Waals surface area contributed by atoms with Crippen LogP contribution >= 0.6 is 0 Å². The normalized spacial score (nSPS) is 32.1. The summed E-state index contributed by atoms with van der Waals surface area (Å²) in [5.74, 6) is 5.16. The molecule has 2 rings (SSSR count). The number of fused-ring (bicyclic) bond motifs is 1. The number of hydrazine groups is 1. The van der Waals surface area contributed by atoms with Crippen LogP contribution < -0.4 is 11.3 Å². The molecule has 1 saturated heterocycles. The predicted octanol–water partition coefficient (Wildman–Crippen LogP) is 0.00820. The highest BCUT2D eigenvalue weighted by molar-refractivity contribution is 5.81. The highest BCUT2D eigenvalue weighted by atomic mass is 16.5. The third-order valence-corrected chi connectivity index (χ3v) is 3.76. The summed E-state index contributed by atoms with van der Waals surface area (Å²) in [6, 6.07) is 0.315. The van der Waals surface area contributed by atoms with Crippen molar-refractivity contribution in [2.75, 3.05) is 13.2 Å². The molecular formula is C11H21N3O2. The van der Waals surface area contributed by atoms with E-state index >= 15 is 0 Å². The van der Waals surface area contributed by atoms with Crippen LogP contribution in [-0.2, 0) is 9.53 Å². The molecule has 16 heavy (non-hydrogen) atoms. The monoisotopic (exact) mass is 227 g/mol. The fraction of sp³-hybridized carbons (Fsp3) is 0.909. The molecule has 1 aliphatic heterocycles. The van der Waals surface area contributed by atoms with Crippen LogP contribution in [0.2, 0.25) is 0 Å². The molecule has 5 nitrogen and oxygen atoms in total. The van der Waals surface area contributed by atoms with Gasteiger partial charge in [-0.1, -0.05) is 6.92 Å². The van der Waals surface area contributed by atoms with Gasteiger partial charge in [-0.25, -0.2) is 5.84 Å². The lowest BCUT2D eigenvalue weighted by molar-refractivity contribution is -0.133. The van der Waals surface area contributed by atoms with Crippen LogP contribution in [0.25, 0.3) is 0 Å². The van der Waals surface area contributed by atoms with Crippen LogP contribution in [0.1, 0.15) is 32.6 Å². The van der Waals surface area contributed by atoms with Crippen molar-refractivity contribution in [2.45, 2.75) is 50.8 Å². The zero-order valence-corrected chi connectivity index (χ0v) is 9.82. The van der Waals surface area contributed by atoms with Crippen LogP contribution in [-0.4, -0.2) is 42.1 Å². The van der Waals surface area contributed by atoms with Crippen molar-refractivity contribution in [2.24, 2.45) is 5.84 Å². The first-order valence-electron chi connectivity index (χ1n) is 6.15. The van der Waals surface area contributed by atoms with Gasteiger partial charge in [0, 0.05) is 12.6 Å². The molecule has 0 bridgehead atoms. The van der Waals surface area contributed by atoms with Gasteiger partial charge in [0.15, 0.2) is 0 Å². The Balaban J connectivity index is 2.08. The predicted molar refractivity (Wildman–Crippen MR) is 60.5 cm³/mol. The second kappa shape index (κ2) is 5.12. The maximum absolute atomic E-state index is 11.7. The van der Waals surface area contributed by atoms with E-state index in [1.165, 1.54) is 6.42 Å². The molecule has 3 N–H and O–H groups in total. The number of hydrogen-bond acceptors (Lipinski definition) is 4. The van der Waals surface area contributed by atoms with Gasteiger partial charge < -0.3 is 4.74 Å². The summed E-state index contributed by atoms with van der Waals surface area (Å²) < 4.78 is 5.74. The fourth-order valence-electron chi connectivity index (χ4n) is 3.01. The van der Waals surface area contributed by atoms with Gasteiger partial charge >= 0.3 is 0 Å². The lowest BCUT2D eigenvalue weighted by atomic mass is 10.1. The Kier molecular flexibility index (Phi) is 3.78. The van der Waals surface area contributed by atoms with Crippen molar-refractivity contribution >= 4 is 5.91 Å². The molecule has 2 fully saturated rings. The van der Waals surface area contributed by atoms with E-state index in [2.05, 4.69) is 10.3 Å². The molecule has 0 aromatic rings. The Labute approximate surface area is 96.3 Å². The molecule has 1 amide bonds. The molecule has 3 atom stereocenters. The molecule has 0 aromatic heterocycles. The molecule has 0 aromatic carbocycles. The molecule has 1 heterocycles. The van der Waals surface area contributed by atoms with Gasteiger partial charge in [0.2, 0.25) is 0 Å². The van der Waals surface area contributed by atoms with Crippen molar-refractivity contribution in [3.8, 4) is 0 Å². The van der Waals surface area contributed by atoms with Gasteiger partial charge in [-0.2, -0.15) is 0 Å². The third kappa shape index (κ3) is 2.07. The Morgan fingerprint density at radius 3 is 3.12 bits per heavy atom. The third-order valence-electron chi connectivity index (χ3n) is 3.76. The summed E-state index contributed by atoms with van der Waals surface area (Å²) in [6.07, 6.45) is 4.59. The molecule has 0 spiro atoms. The number of carbonyl (C=O) groups is 1. The average Bonchev–Trinajstić information content (AvgIpc) is 2.78. The SMILES string of the molecule is CCC(C(=O)NN)N1CCOC2CCCC21. The minimum Gasteiger partial charge on any atom is -0.375 e. The van der Waals surface area contributed by atoms with Crippen molar-refractivity contribution in [1.29, 1.82) is 0 Å². The van der Waals surface area contributed by atoms with E-state index in [-0.39, 0.29) is 11.9 Å². The number of morpholine rings is 1. The summed E-state index contributed by atoms with van der Waals surface area (Å²) in [4.78, 5) is 14.0. The van der Waals surface area contributed by atoms with E-state index in [4.69, 9.17) is 10.6 Å². The zero-order valence-electron chi connectivity index (χ0n) is 9.82. The minimum atomic E-state index is -0.0977. The lowest BCUT2D eigenvalue weighted by Crippen LogP contribution is -2.58. The fourth-order valence-corrected chi connectivity index (χ4v) is 3.01. The topological polar surface area (TPSA) is 67.6 Å². The number of nitrogens with one attached hydrogen (secondary N) is 1. The molecule has 3 unspecified atom stereocenters. The Morgan fingerprint density at radius 2 is 2.44 bits per heavy atom.